The number of anilines is 1. The highest BCUT2D eigenvalue weighted by Gasteiger charge is 2.55. The zero-order chi connectivity index (χ0) is 14.5. The van der Waals surface area contributed by atoms with Gasteiger partial charge in [0.25, 0.3) is 0 Å². The molecule has 1 heterocycles. The molecule has 1 aromatic carbocycles. The fourth-order valence-electron chi connectivity index (χ4n) is 2.61. The Hall–Kier alpha value is -1.62. The molecule has 0 radical (unpaired) electrons. The number of nitrogens with zero attached hydrogens (tertiary/aromatic N) is 2. The fourth-order valence-corrected chi connectivity index (χ4v) is 4.30. The van der Waals surface area contributed by atoms with Gasteiger partial charge in [-0.2, -0.15) is 9.57 Å². The first-order valence-electron chi connectivity index (χ1n) is 6.39. The minimum atomic E-state index is -3.74. The number of benzene rings is 1. The number of hydrogen-bond acceptors (Lipinski definition) is 5. The average molecular weight is 293 g/mol. The van der Waals surface area contributed by atoms with E-state index in [0.29, 0.717) is 5.69 Å². The molecule has 1 aliphatic carbocycles. The maximum absolute atomic E-state index is 12.5. The first kappa shape index (κ1) is 13.4. The molecule has 0 atom stereocenters. The van der Waals surface area contributed by atoms with E-state index in [4.69, 9.17) is 11.0 Å². The third kappa shape index (κ3) is 1.97. The van der Waals surface area contributed by atoms with Crippen LogP contribution in [-0.2, 0) is 10.0 Å². The quantitative estimate of drug-likeness (QED) is 0.779. The standard InChI is InChI=1S/C13H15N3O3S/c14-6-9-5-11(15)3-4-12(9)20(18,19)16-7-13(17,8-16)10-1-2-10/h3-5,10,17H,1-2,7-8,15H2. The summed E-state index contributed by atoms with van der Waals surface area (Å²) in [6.07, 6.45) is 1.91. The molecule has 1 aliphatic heterocycles. The highest BCUT2D eigenvalue weighted by atomic mass is 32.2. The molecule has 0 bridgehead atoms. The third-order valence-corrected chi connectivity index (χ3v) is 5.83. The topological polar surface area (TPSA) is 107 Å². The Kier molecular flexibility index (Phi) is 2.80. The molecular formula is C13H15N3O3S. The van der Waals surface area contributed by atoms with Crippen LogP contribution in [0.4, 0.5) is 5.69 Å². The second kappa shape index (κ2) is 4.19. The van der Waals surface area contributed by atoms with Gasteiger partial charge in [0, 0.05) is 18.8 Å². The lowest BCUT2D eigenvalue weighted by atomic mass is 9.91. The van der Waals surface area contributed by atoms with E-state index >= 15 is 0 Å². The molecule has 106 valence electrons. The molecule has 0 aromatic heterocycles. The van der Waals surface area contributed by atoms with Gasteiger partial charge in [0.1, 0.15) is 11.0 Å². The monoisotopic (exact) mass is 293 g/mol. The number of hydrogen-bond donors (Lipinski definition) is 2. The lowest BCUT2D eigenvalue weighted by molar-refractivity contribution is -0.0764. The minimum Gasteiger partial charge on any atom is -0.399 e. The van der Waals surface area contributed by atoms with Gasteiger partial charge in [-0.05, 0) is 37.0 Å². The number of rotatable bonds is 3. The molecule has 3 rings (SSSR count). The van der Waals surface area contributed by atoms with Crippen molar-refractivity contribution < 1.29 is 13.5 Å². The zero-order valence-corrected chi connectivity index (χ0v) is 11.6. The van der Waals surface area contributed by atoms with Crippen molar-refractivity contribution in [3.8, 4) is 6.07 Å². The smallest absolute Gasteiger partial charge is 0.244 e. The second-order valence-corrected chi connectivity index (χ2v) is 7.42. The van der Waals surface area contributed by atoms with E-state index in [0.717, 1.165) is 12.8 Å². The Balaban J connectivity index is 1.89. The van der Waals surface area contributed by atoms with Crippen LogP contribution in [0.15, 0.2) is 23.1 Å². The summed E-state index contributed by atoms with van der Waals surface area (Å²) in [6.45, 7) is 0.213. The van der Waals surface area contributed by atoms with Crippen LogP contribution in [0.5, 0.6) is 0 Å². The van der Waals surface area contributed by atoms with Crippen LogP contribution in [0.2, 0.25) is 0 Å². The number of nitrogen functional groups attached to an aromatic ring is 1. The van der Waals surface area contributed by atoms with Crippen molar-refractivity contribution in [3.63, 3.8) is 0 Å². The largest absolute Gasteiger partial charge is 0.399 e. The van der Waals surface area contributed by atoms with E-state index in [1.807, 2.05) is 6.07 Å². The van der Waals surface area contributed by atoms with Crippen LogP contribution in [0.1, 0.15) is 18.4 Å². The van der Waals surface area contributed by atoms with Crippen LogP contribution >= 0.6 is 0 Å². The van der Waals surface area contributed by atoms with Crippen LogP contribution in [0, 0.1) is 17.2 Å². The molecular weight excluding hydrogens is 278 g/mol. The van der Waals surface area contributed by atoms with Crippen molar-refractivity contribution in [1.29, 1.82) is 5.26 Å². The SMILES string of the molecule is N#Cc1cc(N)ccc1S(=O)(=O)N1CC(O)(C2CC2)C1. The van der Waals surface area contributed by atoms with Gasteiger partial charge in [0.05, 0.1) is 11.2 Å². The Morgan fingerprint density at radius 3 is 2.60 bits per heavy atom. The Labute approximate surface area is 117 Å². The summed E-state index contributed by atoms with van der Waals surface area (Å²) in [7, 11) is -3.74. The average Bonchev–Trinajstić information content (AvgIpc) is 3.18. The molecule has 20 heavy (non-hydrogen) atoms. The number of nitrogens with two attached hydrogens (primary N) is 1. The molecule has 1 aromatic rings. The van der Waals surface area contributed by atoms with Gasteiger partial charge in [0.2, 0.25) is 10.0 Å². The number of sulfonamides is 1. The number of β-amino-alcohol motifs (C(OH)–C–C–N with tert-alkyl or cyclic N) is 1. The first-order valence-corrected chi connectivity index (χ1v) is 7.83. The Morgan fingerprint density at radius 2 is 2.05 bits per heavy atom. The second-order valence-electron chi connectivity index (χ2n) is 5.52. The van der Waals surface area contributed by atoms with Crippen LogP contribution in [0.3, 0.4) is 0 Å². The highest BCUT2D eigenvalue weighted by Crippen LogP contribution is 2.46. The predicted octanol–water partition coefficient (Wildman–Crippen LogP) is 0.286. The van der Waals surface area contributed by atoms with Gasteiger partial charge in [0.15, 0.2) is 0 Å². The van der Waals surface area contributed by atoms with E-state index in [1.54, 1.807) is 0 Å². The summed E-state index contributed by atoms with van der Waals surface area (Å²) in [5.41, 5.74) is 5.06. The van der Waals surface area contributed by atoms with Gasteiger partial charge in [-0.25, -0.2) is 8.42 Å². The van der Waals surface area contributed by atoms with Crippen molar-refractivity contribution in [2.75, 3.05) is 18.8 Å². The summed E-state index contributed by atoms with van der Waals surface area (Å²) in [5, 5.41) is 19.3. The maximum Gasteiger partial charge on any atom is 0.244 e. The Morgan fingerprint density at radius 1 is 1.40 bits per heavy atom. The normalized spacial score (nSPS) is 22.0. The molecule has 6 nitrogen and oxygen atoms in total. The van der Waals surface area contributed by atoms with E-state index in [9.17, 15) is 13.5 Å². The molecule has 0 spiro atoms. The third-order valence-electron chi connectivity index (χ3n) is 3.98. The fraction of sp³-hybridized carbons (Fsp3) is 0.462. The van der Waals surface area contributed by atoms with Gasteiger partial charge in [-0.15, -0.1) is 0 Å². The lowest BCUT2D eigenvalue weighted by Gasteiger charge is -2.45. The predicted molar refractivity (Wildman–Crippen MR) is 72.0 cm³/mol. The van der Waals surface area contributed by atoms with Crippen molar-refractivity contribution in [3.05, 3.63) is 23.8 Å². The van der Waals surface area contributed by atoms with Gasteiger partial charge in [-0.3, -0.25) is 0 Å². The van der Waals surface area contributed by atoms with E-state index < -0.39 is 15.6 Å². The van der Waals surface area contributed by atoms with E-state index in [1.165, 1.54) is 22.5 Å². The molecule has 3 N–H and O–H groups in total. The summed E-state index contributed by atoms with van der Waals surface area (Å²) >= 11 is 0. The van der Waals surface area contributed by atoms with Gasteiger partial charge < -0.3 is 10.8 Å². The maximum atomic E-state index is 12.5. The van der Waals surface area contributed by atoms with Crippen molar-refractivity contribution in [2.45, 2.75) is 23.3 Å². The molecule has 7 heteroatoms. The first-order chi connectivity index (χ1) is 9.37. The molecule has 2 aliphatic rings. The molecule has 0 amide bonds. The zero-order valence-electron chi connectivity index (χ0n) is 10.8. The molecule has 2 fully saturated rings. The van der Waals surface area contributed by atoms with Crippen molar-refractivity contribution >= 4 is 15.7 Å². The lowest BCUT2D eigenvalue weighted by Crippen LogP contribution is -2.64. The van der Waals surface area contributed by atoms with E-state index in [-0.39, 0.29) is 29.5 Å². The Bertz CT molecular complexity index is 698. The van der Waals surface area contributed by atoms with Crippen molar-refractivity contribution in [1.82, 2.24) is 4.31 Å². The summed E-state index contributed by atoms with van der Waals surface area (Å²) in [5.74, 6) is 0.218. The number of nitriles is 1. The van der Waals surface area contributed by atoms with Crippen molar-refractivity contribution in [2.24, 2.45) is 5.92 Å². The summed E-state index contributed by atoms with van der Waals surface area (Å²) in [4.78, 5) is -0.0490. The van der Waals surface area contributed by atoms with Crippen LogP contribution < -0.4 is 5.73 Å². The van der Waals surface area contributed by atoms with Gasteiger partial charge >= 0.3 is 0 Å². The number of aliphatic hydroxyl groups is 1. The highest BCUT2D eigenvalue weighted by molar-refractivity contribution is 7.89. The minimum absolute atomic E-state index is 0.0341. The summed E-state index contributed by atoms with van der Waals surface area (Å²) < 4.78 is 26.1. The molecule has 1 saturated heterocycles. The summed E-state index contributed by atoms with van der Waals surface area (Å²) in [6, 6.07) is 6.00. The molecule has 1 saturated carbocycles. The molecule has 0 unspecified atom stereocenters. The van der Waals surface area contributed by atoms with Crippen LogP contribution in [0.25, 0.3) is 0 Å². The van der Waals surface area contributed by atoms with Gasteiger partial charge in [-0.1, -0.05) is 0 Å². The van der Waals surface area contributed by atoms with E-state index in [2.05, 4.69) is 0 Å². The van der Waals surface area contributed by atoms with Crippen LogP contribution in [-0.4, -0.2) is 36.5 Å².